The van der Waals surface area contributed by atoms with E-state index in [1.165, 1.54) is 25.0 Å². The van der Waals surface area contributed by atoms with Crippen LogP contribution in [0.4, 0.5) is 8.78 Å². The van der Waals surface area contributed by atoms with Gasteiger partial charge in [0, 0.05) is 30.7 Å². The minimum absolute atomic E-state index is 0. The quantitative estimate of drug-likeness (QED) is 0.363. The van der Waals surface area contributed by atoms with Crippen molar-refractivity contribution in [1.29, 1.82) is 0 Å². The highest BCUT2D eigenvalue weighted by atomic mass is 127. The van der Waals surface area contributed by atoms with Gasteiger partial charge in [-0.1, -0.05) is 23.2 Å². The van der Waals surface area contributed by atoms with Gasteiger partial charge in [-0.25, -0.2) is 0 Å². The van der Waals surface area contributed by atoms with Crippen LogP contribution in [0.3, 0.4) is 0 Å². The number of nitrogens with one attached hydrogen (secondary N) is 2. The number of benzene rings is 1. The number of halogens is 5. The number of hydrogen-bond donors (Lipinski definition) is 2. The largest absolute Gasteiger partial charge is 0.433 e. The van der Waals surface area contributed by atoms with Crippen molar-refractivity contribution in [2.75, 3.05) is 13.6 Å². The third-order valence-electron chi connectivity index (χ3n) is 3.22. The molecule has 2 rings (SSSR count). The van der Waals surface area contributed by atoms with E-state index >= 15 is 0 Å². The normalized spacial score (nSPS) is 14.4. The third-order valence-corrected chi connectivity index (χ3v) is 3.72. The first kappa shape index (κ1) is 20.5. The molecule has 1 aliphatic rings. The molecule has 0 amide bonds. The number of nitrogens with zero attached hydrogens (tertiary/aromatic N) is 1. The van der Waals surface area contributed by atoms with E-state index in [1.54, 1.807) is 7.05 Å². The van der Waals surface area contributed by atoms with E-state index in [1.807, 2.05) is 0 Å². The molecule has 0 bridgehead atoms. The highest BCUT2D eigenvalue weighted by molar-refractivity contribution is 14.0. The molecule has 1 saturated carbocycles. The first-order valence-electron chi connectivity index (χ1n) is 6.87. The van der Waals surface area contributed by atoms with E-state index in [9.17, 15) is 8.78 Å². The molecule has 0 atom stereocenters. The van der Waals surface area contributed by atoms with Crippen LogP contribution in [-0.4, -0.2) is 26.2 Å². The van der Waals surface area contributed by atoms with Crippen molar-refractivity contribution >= 4 is 53.1 Å². The first-order chi connectivity index (χ1) is 10.5. The van der Waals surface area contributed by atoms with Gasteiger partial charge < -0.3 is 15.4 Å². The Bertz CT molecular complexity index is 557. The number of alkyl halides is 2. The highest BCUT2D eigenvalue weighted by Crippen LogP contribution is 2.33. The first-order valence-corrected chi connectivity index (χ1v) is 7.62. The van der Waals surface area contributed by atoms with Crippen LogP contribution in [0.25, 0.3) is 0 Å². The molecule has 0 unspecified atom stereocenters. The molecule has 0 saturated heterocycles. The maximum Gasteiger partial charge on any atom is 0.387 e. The number of rotatable bonds is 6. The number of guanidine groups is 1. The fourth-order valence-electron chi connectivity index (χ4n) is 1.93. The topological polar surface area (TPSA) is 45.7 Å². The summed E-state index contributed by atoms with van der Waals surface area (Å²) >= 11 is 11.8. The standard InChI is InChI=1S/C14H17Cl2F2N3O.HI/c1-19-14(20-6-8-2-3-8)21-7-9-4-10(15)5-11(16)12(9)22-13(17)18;/h4-5,8,13H,2-3,6-7H2,1H3,(H2,19,20,21);1H. The molecule has 1 aromatic rings. The van der Waals surface area contributed by atoms with E-state index in [-0.39, 0.29) is 41.3 Å². The van der Waals surface area contributed by atoms with Crippen molar-refractivity contribution < 1.29 is 13.5 Å². The molecular weight excluding hydrogens is 462 g/mol. The monoisotopic (exact) mass is 479 g/mol. The minimum atomic E-state index is -2.95. The van der Waals surface area contributed by atoms with Crippen LogP contribution in [0.1, 0.15) is 18.4 Å². The van der Waals surface area contributed by atoms with Crippen molar-refractivity contribution in [3.8, 4) is 5.75 Å². The minimum Gasteiger partial charge on any atom is -0.433 e. The number of ether oxygens (including phenoxy) is 1. The lowest BCUT2D eigenvalue weighted by atomic mass is 10.2. The summed E-state index contributed by atoms with van der Waals surface area (Å²) in [6, 6.07) is 2.90. The molecule has 0 aromatic heterocycles. The van der Waals surface area contributed by atoms with Crippen LogP contribution in [0.2, 0.25) is 10.0 Å². The average Bonchev–Trinajstić information content (AvgIpc) is 3.26. The summed E-state index contributed by atoms with van der Waals surface area (Å²) in [5, 5.41) is 6.61. The average molecular weight is 480 g/mol. The van der Waals surface area contributed by atoms with Crippen LogP contribution in [0.5, 0.6) is 5.75 Å². The van der Waals surface area contributed by atoms with E-state index in [0.29, 0.717) is 22.5 Å². The predicted molar refractivity (Wildman–Crippen MR) is 99.4 cm³/mol. The van der Waals surface area contributed by atoms with Crippen LogP contribution >= 0.6 is 47.2 Å². The van der Waals surface area contributed by atoms with Gasteiger partial charge in [-0.3, -0.25) is 4.99 Å². The zero-order valence-corrected chi connectivity index (χ0v) is 16.3. The van der Waals surface area contributed by atoms with Crippen molar-refractivity contribution in [2.45, 2.75) is 26.0 Å². The highest BCUT2D eigenvalue weighted by Gasteiger charge is 2.21. The predicted octanol–water partition coefficient (Wildman–Crippen LogP) is 4.29. The molecule has 1 aromatic carbocycles. The lowest BCUT2D eigenvalue weighted by Crippen LogP contribution is -2.38. The van der Waals surface area contributed by atoms with Crippen LogP contribution in [0, 0.1) is 5.92 Å². The fourth-order valence-corrected chi connectivity index (χ4v) is 2.51. The fraction of sp³-hybridized carbons (Fsp3) is 0.500. The van der Waals surface area contributed by atoms with Gasteiger partial charge in [-0.15, -0.1) is 24.0 Å². The molecule has 130 valence electrons. The molecule has 1 fully saturated rings. The zero-order chi connectivity index (χ0) is 16.1. The molecule has 9 heteroatoms. The second kappa shape index (κ2) is 9.68. The van der Waals surface area contributed by atoms with Crippen molar-refractivity contribution in [3.63, 3.8) is 0 Å². The maximum atomic E-state index is 12.5. The van der Waals surface area contributed by atoms with Crippen molar-refractivity contribution in [1.82, 2.24) is 10.6 Å². The van der Waals surface area contributed by atoms with Crippen LogP contribution < -0.4 is 15.4 Å². The van der Waals surface area contributed by atoms with Gasteiger partial charge >= 0.3 is 6.61 Å². The maximum absolute atomic E-state index is 12.5. The molecule has 23 heavy (non-hydrogen) atoms. The Morgan fingerprint density at radius 1 is 1.35 bits per heavy atom. The van der Waals surface area contributed by atoms with E-state index in [4.69, 9.17) is 23.2 Å². The van der Waals surface area contributed by atoms with E-state index in [2.05, 4.69) is 20.4 Å². The summed E-state index contributed by atoms with van der Waals surface area (Å²) in [5.74, 6) is 1.20. The van der Waals surface area contributed by atoms with Gasteiger partial charge in [0.1, 0.15) is 5.75 Å². The Labute approximate surface area is 161 Å². The van der Waals surface area contributed by atoms with Gasteiger partial charge in [-0.05, 0) is 30.9 Å². The summed E-state index contributed by atoms with van der Waals surface area (Å²) in [7, 11) is 1.64. The van der Waals surface area contributed by atoms with E-state index in [0.717, 1.165) is 6.54 Å². The van der Waals surface area contributed by atoms with Gasteiger partial charge in [0.05, 0.1) is 5.02 Å². The Balaban J connectivity index is 0.00000264. The lowest BCUT2D eigenvalue weighted by Gasteiger charge is -2.16. The van der Waals surface area contributed by atoms with Gasteiger partial charge in [-0.2, -0.15) is 8.78 Å². The molecule has 4 nitrogen and oxygen atoms in total. The second-order valence-electron chi connectivity index (χ2n) is 5.00. The van der Waals surface area contributed by atoms with Crippen LogP contribution in [-0.2, 0) is 6.54 Å². The van der Waals surface area contributed by atoms with Crippen molar-refractivity contribution in [3.05, 3.63) is 27.7 Å². The van der Waals surface area contributed by atoms with Crippen molar-refractivity contribution in [2.24, 2.45) is 10.9 Å². The summed E-state index contributed by atoms with van der Waals surface area (Å²) < 4.78 is 29.5. The molecule has 2 N–H and O–H groups in total. The number of hydrogen-bond acceptors (Lipinski definition) is 2. The summed E-state index contributed by atoms with van der Waals surface area (Å²) in [4.78, 5) is 4.08. The summed E-state index contributed by atoms with van der Waals surface area (Å²) in [6.45, 7) is -1.90. The molecule has 0 spiro atoms. The summed E-state index contributed by atoms with van der Waals surface area (Å²) in [5.41, 5.74) is 0.437. The molecule has 0 radical (unpaired) electrons. The van der Waals surface area contributed by atoms with E-state index < -0.39 is 6.61 Å². The molecule has 0 aliphatic heterocycles. The molecule has 1 aliphatic carbocycles. The zero-order valence-electron chi connectivity index (χ0n) is 12.4. The molecular formula is C14H18Cl2F2IN3O. The Kier molecular flexibility index (Phi) is 8.63. The second-order valence-corrected chi connectivity index (χ2v) is 5.85. The van der Waals surface area contributed by atoms with Gasteiger partial charge in [0.15, 0.2) is 5.96 Å². The lowest BCUT2D eigenvalue weighted by molar-refractivity contribution is -0.0504. The number of aliphatic imine (C=N–C) groups is 1. The Morgan fingerprint density at radius 2 is 2.04 bits per heavy atom. The summed E-state index contributed by atoms with van der Waals surface area (Å²) in [6.07, 6.45) is 2.44. The Hall–Kier alpha value is -0.540. The smallest absolute Gasteiger partial charge is 0.387 e. The van der Waals surface area contributed by atoms with Gasteiger partial charge in [0.25, 0.3) is 0 Å². The van der Waals surface area contributed by atoms with Gasteiger partial charge in [0.2, 0.25) is 0 Å². The third kappa shape index (κ3) is 6.84. The Morgan fingerprint density at radius 3 is 2.61 bits per heavy atom. The molecule has 0 heterocycles. The SMILES string of the molecule is CN=C(NCc1cc(Cl)cc(Cl)c1OC(F)F)NCC1CC1.I. The van der Waals surface area contributed by atoms with Crippen LogP contribution in [0.15, 0.2) is 17.1 Å².